The first kappa shape index (κ1) is 20.7. The largest absolute Gasteiger partial charge is 0.477 e. The van der Waals surface area contributed by atoms with Gasteiger partial charge in [-0.2, -0.15) is 0 Å². The van der Waals surface area contributed by atoms with Crippen molar-refractivity contribution in [3.63, 3.8) is 0 Å². The van der Waals surface area contributed by atoms with Gasteiger partial charge in [-0.15, -0.1) is 0 Å². The second kappa shape index (κ2) is 7.55. The number of carbonyl (C=O) groups is 3. The Kier molecular flexibility index (Phi) is 5.78. The van der Waals surface area contributed by atoms with Crippen molar-refractivity contribution < 1.29 is 23.9 Å². The molecule has 6 nitrogen and oxygen atoms in total. The highest BCUT2D eigenvalue weighted by atomic mass is 16.6. The zero-order chi connectivity index (χ0) is 20.4. The van der Waals surface area contributed by atoms with Crippen molar-refractivity contribution in [1.29, 1.82) is 0 Å². The molecule has 0 aliphatic carbocycles. The summed E-state index contributed by atoms with van der Waals surface area (Å²) in [5.41, 5.74) is -0.749. The number of hydrogen-bond donors (Lipinski definition) is 0. The zero-order valence-electron chi connectivity index (χ0n) is 16.8. The van der Waals surface area contributed by atoms with E-state index in [1.807, 2.05) is 30.3 Å². The standard InChI is InChI=1S/C21H27NO5/c1-14-18(15-10-8-7-9-11-15)19(25)22(13-26-14)21(5,6)16(23)12-17(24)27-20(2,3)4/h7-11H,12-13H2,1-6H3. The van der Waals surface area contributed by atoms with E-state index in [9.17, 15) is 14.4 Å². The molecule has 0 N–H and O–H groups in total. The minimum Gasteiger partial charge on any atom is -0.477 e. The summed E-state index contributed by atoms with van der Waals surface area (Å²) >= 11 is 0. The van der Waals surface area contributed by atoms with E-state index in [4.69, 9.17) is 9.47 Å². The van der Waals surface area contributed by atoms with Crippen LogP contribution < -0.4 is 0 Å². The highest BCUT2D eigenvalue weighted by molar-refractivity contribution is 6.21. The number of nitrogens with zero attached hydrogens (tertiary/aromatic N) is 1. The molecule has 1 amide bonds. The van der Waals surface area contributed by atoms with Crippen LogP contribution in [0.25, 0.3) is 5.57 Å². The summed E-state index contributed by atoms with van der Waals surface area (Å²) in [5.74, 6) is -0.799. The molecule has 0 unspecified atom stereocenters. The third-order valence-corrected chi connectivity index (χ3v) is 4.37. The molecular weight excluding hydrogens is 346 g/mol. The van der Waals surface area contributed by atoms with Gasteiger partial charge in [-0.25, -0.2) is 0 Å². The van der Waals surface area contributed by atoms with Gasteiger partial charge in [0, 0.05) is 0 Å². The number of benzene rings is 1. The first-order valence-electron chi connectivity index (χ1n) is 8.89. The molecule has 146 valence electrons. The molecule has 1 aliphatic heterocycles. The van der Waals surface area contributed by atoms with Gasteiger partial charge in [0.1, 0.15) is 17.8 Å². The number of hydrogen-bond acceptors (Lipinski definition) is 5. The van der Waals surface area contributed by atoms with Gasteiger partial charge < -0.3 is 9.47 Å². The smallest absolute Gasteiger partial charge is 0.313 e. The molecule has 1 aromatic rings. The topological polar surface area (TPSA) is 72.9 Å². The van der Waals surface area contributed by atoms with E-state index in [-0.39, 0.29) is 12.6 Å². The number of rotatable bonds is 5. The van der Waals surface area contributed by atoms with Gasteiger partial charge >= 0.3 is 5.97 Å². The molecule has 0 bridgehead atoms. The quantitative estimate of drug-likeness (QED) is 0.585. The average molecular weight is 373 g/mol. The number of allylic oxidation sites excluding steroid dienone is 1. The molecule has 0 fully saturated rings. The molecule has 0 atom stereocenters. The summed E-state index contributed by atoms with van der Waals surface area (Å²) in [7, 11) is 0. The van der Waals surface area contributed by atoms with Crippen molar-refractivity contribution in [3.8, 4) is 0 Å². The number of carbonyl (C=O) groups excluding carboxylic acids is 3. The molecule has 0 radical (unpaired) electrons. The Bertz CT molecular complexity index is 772. The predicted molar refractivity (Wildman–Crippen MR) is 101 cm³/mol. The Morgan fingerprint density at radius 2 is 1.70 bits per heavy atom. The molecule has 1 aliphatic rings. The van der Waals surface area contributed by atoms with E-state index in [2.05, 4.69) is 0 Å². The van der Waals surface area contributed by atoms with Gasteiger partial charge in [-0.1, -0.05) is 30.3 Å². The summed E-state index contributed by atoms with van der Waals surface area (Å²) in [5, 5.41) is 0. The minimum absolute atomic E-state index is 0.0476. The van der Waals surface area contributed by atoms with Crippen LogP contribution in [-0.4, -0.2) is 40.4 Å². The SMILES string of the molecule is CC1=C(c2ccccc2)C(=O)N(C(C)(C)C(=O)CC(=O)OC(C)(C)C)CO1. The maximum Gasteiger partial charge on any atom is 0.313 e. The monoisotopic (exact) mass is 373 g/mol. The molecule has 27 heavy (non-hydrogen) atoms. The third kappa shape index (κ3) is 4.76. The fourth-order valence-corrected chi connectivity index (χ4v) is 2.80. The Balaban J connectivity index is 2.22. The van der Waals surface area contributed by atoms with Crippen LogP contribution >= 0.6 is 0 Å². The van der Waals surface area contributed by atoms with Crippen LogP contribution in [-0.2, 0) is 23.9 Å². The van der Waals surface area contributed by atoms with Gasteiger partial charge in [-0.05, 0) is 47.1 Å². The summed E-state index contributed by atoms with van der Waals surface area (Å²) in [6, 6.07) is 9.17. The normalized spacial score (nSPS) is 15.5. The van der Waals surface area contributed by atoms with Gasteiger partial charge in [0.15, 0.2) is 12.5 Å². The number of Topliss-reactive ketones (excluding diaryl/α,β-unsaturated/α-hetero) is 1. The number of esters is 1. The van der Waals surface area contributed by atoms with Crippen LogP contribution in [0.5, 0.6) is 0 Å². The highest BCUT2D eigenvalue weighted by Gasteiger charge is 2.42. The lowest BCUT2D eigenvalue weighted by Crippen LogP contribution is -2.56. The van der Waals surface area contributed by atoms with E-state index in [0.29, 0.717) is 11.3 Å². The van der Waals surface area contributed by atoms with Crippen LogP contribution in [0.3, 0.4) is 0 Å². The molecule has 0 aromatic heterocycles. The average Bonchev–Trinajstić information content (AvgIpc) is 2.53. The molecule has 0 saturated heterocycles. The minimum atomic E-state index is -1.21. The molecule has 0 spiro atoms. The second-order valence-corrected chi connectivity index (χ2v) is 8.05. The summed E-state index contributed by atoms with van der Waals surface area (Å²) in [6.45, 7) is 10.1. The molecule has 1 heterocycles. The Hall–Kier alpha value is -2.63. The zero-order valence-corrected chi connectivity index (χ0v) is 16.8. The maximum atomic E-state index is 13.1. The highest BCUT2D eigenvalue weighted by Crippen LogP contribution is 2.31. The summed E-state index contributed by atoms with van der Waals surface area (Å²) in [6.07, 6.45) is -0.405. The third-order valence-electron chi connectivity index (χ3n) is 4.37. The lowest BCUT2D eigenvalue weighted by molar-refractivity contribution is -0.160. The molecular formula is C21H27NO5. The lowest BCUT2D eigenvalue weighted by atomic mass is 9.92. The summed E-state index contributed by atoms with van der Waals surface area (Å²) < 4.78 is 10.9. The second-order valence-electron chi connectivity index (χ2n) is 8.05. The fraction of sp³-hybridized carbons (Fsp3) is 0.476. The van der Waals surface area contributed by atoms with Crippen molar-refractivity contribution in [2.24, 2.45) is 0 Å². The lowest BCUT2D eigenvalue weighted by Gasteiger charge is -2.40. The Morgan fingerprint density at radius 3 is 2.26 bits per heavy atom. The molecule has 0 saturated carbocycles. The van der Waals surface area contributed by atoms with Crippen molar-refractivity contribution in [2.45, 2.75) is 59.1 Å². The Labute approximate surface area is 160 Å². The number of ketones is 1. The van der Waals surface area contributed by atoms with Gasteiger partial charge in [0.2, 0.25) is 0 Å². The fourth-order valence-electron chi connectivity index (χ4n) is 2.80. The van der Waals surface area contributed by atoms with Crippen molar-refractivity contribution in [3.05, 3.63) is 41.7 Å². The van der Waals surface area contributed by atoms with E-state index >= 15 is 0 Å². The van der Waals surface area contributed by atoms with E-state index in [1.165, 1.54) is 4.90 Å². The molecule has 1 aromatic carbocycles. The Morgan fingerprint density at radius 1 is 1.11 bits per heavy atom. The van der Waals surface area contributed by atoms with Gasteiger partial charge in [0.05, 0.1) is 11.1 Å². The summed E-state index contributed by atoms with van der Waals surface area (Å²) in [4.78, 5) is 39.3. The van der Waals surface area contributed by atoms with Crippen molar-refractivity contribution in [1.82, 2.24) is 4.90 Å². The van der Waals surface area contributed by atoms with E-state index in [0.717, 1.165) is 5.56 Å². The van der Waals surface area contributed by atoms with E-state index in [1.54, 1.807) is 41.5 Å². The number of ether oxygens (including phenoxy) is 2. The molecule has 2 rings (SSSR count). The van der Waals surface area contributed by atoms with Crippen LogP contribution in [0.1, 0.15) is 53.5 Å². The first-order valence-corrected chi connectivity index (χ1v) is 8.89. The van der Waals surface area contributed by atoms with Crippen LogP contribution in [0.2, 0.25) is 0 Å². The first-order chi connectivity index (χ1) is 12.4. The predicted octanol–water partition coefficient (Wildman–Crippen LogP) is 3.31. The number of amides is 1. The van der Waals surface area contributed by atoms with Crippen LogP contribution in [0, 0.1) is 0 Å². The van der Waals surface area contributed by atoms with Gasteiger partial charge in [0.25, 0.3) is 5.91 Å². The van der Waals surface area contributed by atoms with E-state index < -0.39 is 29.3 Å². The van der Waals surface area contributed by atoms with Crippen molar-refractivity contribution >= 4 is 23.2 Å². The van der Waals surface area contributed by atoms with Crippen LogP contribution in [0.15, 0.2) is 36.1 Å². The maximum absolute atomic E-state index is 13.1. The van der Waals surface area contributed by atoms with Gasteiger partial charge in [-0.3, -0.25) is 19.3 Å². The van der Waals surface area contributed by atoms with Crippen LogP contribution in [0.4, 0.5) is 0 Å². The van der Waals surface area contributed by atoms with Crippen molar-refractivity contribution in [2.75, 3.05) is 6.73 Å². The molecule has 6 heteroatoms.